The molecule has 128 valence electrons. The van der Waals surface area contributed by atoms with Crippen molar-refractivity contribution in [1.82, 2.24) is 5.01 Å². The van der Waals surface area contributed by atoms with E-state index in [1.807, 2.05) is 6.92 Å². The molecule has 1 aliphatic rings. The van der Waals surface area contributed by atoms with Gasteiger partial charge in [0, 0.05) is 38.2 Å². The highest BCUT2D eigenvalue weighted by molar-refractivity contribution is 6.74. The van der Waals surface area contributed by atoms with E-state index >= 15 is 0 Å². The van der Waals surface area contributed by atoms with Crippen molar-refractivity contribution in [2.75, 3.05) is 13.1 Å². The molecule has 1 aliphatic heterocycles. The highest BCUT2D eigenvalue weighted by Gasteiger charge is 2.38. The van der Waals surface area contributed by atoms with Gasteiger partial charge in [0.2, 0.25) is 0 Å². The van der Waals surface area contributed by atoms with Crippen LogP contribution in [0.2, 0.25) is 18.1 Å². The third kappa shape index (κ3) is 6.61. The number of ketones is 1. The van der Waals surface area contributed by atoms with Crippen LogP contribution in [0.3, 0.4) is 0 Å². The van der Waals surface area contributed by atoms with Crippen LogP contribution in [-0.2, 0) is 9.22 Å². The molecule has 4 nitrogen and oxygen atoms in total. The van der Waals surface area contributed by atoms with Crippen LogP contribution in [-0.4, -0.2) is 44.5 Å². The van der Waals surface area contributed by atoms with E-state index in [4.69, 9.17) is 4.43 Å². The van der Waals surface area contributed by atoms with Gasteiger partial charge in [0.15, 0.2) is 8.32 Å². The Balaban J connectivity index is 2.33. The van der Waals surface area contributed by atoms with E-state index in [1.54, 1.807) is 6.21 Å². The predicted molar refractivity (Wildman–Crippen MR) is 95.9 cm³/mol. The van der Waals surface area contributed by atoms with E-state index in [1.165, 1.54) is 19.3 Å². The van der Waals surface area contributed by atoms with Gasteiger partial charge in [0.25, 0.3) is 0 Å². The number of hydrazone groups is 1. The molecule has 0 spiro atoms. The first-order chi connectivity index (χ1) is 10.1. The Morgan fingerprint density at radius 1 is 1.27 bits per heavy atom. The molecule has 0 aromatic rings. The average molecular weight is 327 g/mol. The second-order valence-corrected chi connectivity index (χ2v) is 12.7. The van der Waals surface area contributed by atoms with Gasteiger partial charge in [-0.1, -0.05) is 20.8 Å². The first-order valence-electron chi connectivity index (χ1n) is 8.59. The number of rotatable bonds is 7. The monoisotopic (exact) mass is 326 g/mol. The summed E-state index contributed by atoms with van der Waals surface area (Å²) in [5.74, 6) is 0.215. The molecule has 22 heavy (non-hydrogen) atoms. The van der Waals surface area contributed by atoms with E-state index in [-0.39, 0.29) is 16.9 Å². The number of Topliss-reactive ketones (excluding diaryl/α,β-unsaturated/α-hetero) is 1. The fraction of sp³-hybridized carbons (Fsp3) is 0.882. The van der Waals surface area contributed by atoms with Crippen LogP contribution in [0.1, 0.15) is 59.8 Å². The van der Waals surface area contributed by atoms with Gasteiger partial charge in [-0.25, -0.2) is 0 Å². The zero-order valence-electron chi connectivity index (χ0n) is 15.3. The van der Waals surface area contributed by atoms with Crippen molar-refractivity contribution in [1.29, 1.82) is 0 Å². The van der Waals surface area contributed by atoms with Gasteiger partial charge in [-0.05, 0) is 44.3 Å². The molecule has 0 amide bonds. The molecule has 0 bridgehead atoms. The molecular formula is C17H34N2O2Si. The maximum atomic E-state index is 12.1. The predicted octanol–water partition coefficient (Wildman–Crippen LogP) is 4.22. The standard InChI is InChI=1S/C17H34N2O2Si/c1-15(21-22(5,6)17(2,3)4)14-16(20)10-11-18-19-12-8-7-9-13-19/h11,15H,7-10,12-14H2,1-6H3/b18-11-/t15-/m1/s1. The number of carbonyl (C=O) groups is 1. The SMILES string of the molecule is C[C@H](CC(=O)C/C=N\N1CCCCC1)O[Si](C)(C)C(C)(C)C. The first-order valence-corrected chi connectivity index (χ1v) is 11.5. The summed E-state index contributed by atoms with van der Waals surface area (Å²) in [5.41, 5.74) is 0. The van der Waals surface area contributed by atoms with E-state index in [0.29, 0.717) is 12.8 Å². The summed E-state index contributed by atoms with van der Waals surface area (Å²) in [7, 11) is -1.79. The smallest absolute Gasteiger partial charge is 0.192 e. The van der Waals surface area contributed by atoms with Gasteiger partial charge < -0.3 is 4.43 Å². The van der Waals surface area contributed by atoms with Gasteiger partial charge in [0.05, 0.1) is 0 Å². The lowest BCUT2D eigenvalue weighted by atomic mass is 10.1. The minimum atomic E-state index is -1.79. The third-order valence-corrected chi connectivity index (χ3v) is 9.32. The largest absolute Gasteiger partial charge is 0.414 e. The summed E-state index contributed by atoms with van der Waals surface area (Å²) < 4.78 is 6.23. The van der Waals surface area contributed by atoms with Crippen molar-refractivity contribution in [2.24, 2.45) is 5.10 Å². The maximum absolute atomic E-state index is 12.1. The molecule has 0 radical (unpaired) electrons. The third-order valence-electron chi connectivity index (χ3n) is 4.71. The van der Waals surface area contributed by atoms with Gasteiger partial charge in [0.1, 0.15) is 5.78 Å². The number of hydrogen-bond acceptors (Lipinski definition) is 4. The average Bonchev–Trinajstić information content (AvgIpc) is 2.37. The molecule has 1 rings (SSSR count). The molecule has 0 aliphatic carbocycles. The van der Waals surface area contributed by atoms with Crippen molar-refractivity contribution >= 4 is 20.3 Å². The highest BCUT2D eigenvalue weighted by atomic mass is 28.4. The molecule has 0 aromatic heterocycles. The second-order valence-electron chi connectivity index (χ2n) is 7.95. The summed E-state index contributed by atoms with van der Waals surface area (Å²) in [6.07, 6.45) is 6.39. The molecule has 1 heterocycles. The first kappa shape index (κ1) is 19.4. The van der Waals surface area contributed by atoms with E-state index in [2.05, 4.69) is 44.0 Å². The lowest BCUT2D eigenvalue weighted by Crippen LogP contribution is -2.43. The molecule has 0 saturated carbocycles. The lowest BCUT2D eigenvalue weighted by molar-refractivity contribution is -0.119. The molecule has 1 saturated heterocycles. The van der Waals surface area contributed by atoms with Crippen molar-refractivity contribution in [2.45, 2.75) is 84.0 Å². The van der Waals surface area contributed by atoms with Crippen LogP contribution in [0.15, 0.2) is 5.10 Å². The number of hydrogen-bond donors (Lipinski definition) is 0. The second kappa shape index (κ2) is 8.25. The highest BCUT2D eigenvalue weighted by Crippen LogP contribution is 2.37. The fourth-order valence-electron chi connectivity index (χ4n) is 2.38. The normalized spacial score (nSPS) is 18.7. The lowest BCUT2D eigenvalue weighted by Gasteiger charge is -2.38. The Kier molecular flexibility index (Phi) is 7.26. The van der Waals surface area contributed by atoms with E-state index in [9.17, 15) is 4.79 Å². The Labute approximate surface area is 137 Å². The molecule has 5 heteroatoms. The number of carbonyl (C=O) groups excluding carboxylic acids is 1. The zero-order chi connectivity index (χ0) is 16.8. The summed E-state index contributed by atoms with van der Waals surface area (Å²) in [6.45, 7) is 15.2. The molecular weight excluding hydrogens is 292 g/mol. The van der Waals surface area contributed by atoms with Crippen molar-refractivity contribution < 1.29 is 9.22 Å². The van der Waals surface area contributed by atoms with Crippen LogP contribution >= 0.6 is 0 Å². The molecule has 1 atom stereocenters. The van der Waals surface area contributed by atoms with Crippen LogP contribution in [0, 0.1) is 0 Å². The van der Waals surface area contributed by atoms with Crippen molar-refractivity contribution in [3.05, 3.63) is 0 Å². The molecule has 0 N–H and O–H groups in total. The minimum Gasteiger partial charge on any atom is -0.414 e. The quantitative estimate of drug-likeness (QED) is 0.519. The topological polar surface area (TPSA) is 41.9 Å². The van der Waals surface area contributed by atoms with Gasteiger partial charge in [-0.2, -0.15) is 5.10 Å². The van der Waals surface area contributed by atoms with Crippen LogP contribution in [0.5, 0.6) is 0 Å². The van der Waals surface area contributed by atoms with Gasteiger partial charge >= 0.3 is 0 Å². The minimum absolute atomic E-state index is 0.00298. The van der Waals surface area contributed by atoms with Crippen molar-refractivity contribution in [3.63, 3.8) is 0 Å². The Morgan fingerprint density at radius 2 is 1.86 bits per heavy atom. The summed E-state index contributed by atoms with van der Waals surface area (Å²) in [4.78, 5) is 12.1. The number of piperidine rings is 1. The Morgan fingerprint density at radius 3 is 2.41 bits per heavy atom. The number of nitrogens with zero attached hydrogens (tertiary/aromatic N) is 2. The zero-order valence-corrected chi connectivity index (χ0v) is 16.3. The Hall–Kier alpha value is -0.683. The molecule has 0 aromatic carbocycles. The van der Waals surface area contributed by atoms with E-state index < -0.39 is 8.32 Å². The van der Waals surface area contributed by atoms with Crippen molar-refractivity contribution in [3.8, 4) is 0 Å². The summed E-state index contributed by atoms with van der Waals surface area (Å²) in [5, 5.41) is 6.66. The molecule has 0 unspecified atom stereocenters. The van der Waals surface area contributed by atoms with Gasteiger partial charge in [-0.15, -0.1) is 0 Å². The molecule has 1 fully saturated rings. The van der Waals surface area contributed by atoms with Gasteiger partial charge in [-0.3, -0.25) is 9.80 Å². The fourth-order valence-corrected chi connectivity index (χ4v) is 3.82. The maximum Gasteiger partial charge on any atom is 0.192 e. The Bertz CT molecular complexity index is 383. The van der Waals surface area contributed by atoms with Crippen LogP contribution < -0.4 is 0 Å². The van der Waals surface area contributed by atoms with E-state index in [0.717, 1.165) is 13.1 Å². The summed E-state index contributed by atoms with van der Waals surface area (Å²) >= 11 is 0. The summed E-state index contributed by atoms with van der Waals surface area (Å²) in [6, 6.07) is 0. The van der Waals surface area contributed by atoms with Crippen LogP contribution in [0.4, 0.5) is 0 Å². The van der Waals surface area contributed by atoms with Crippen LogP contribution in [0.25, 0.3) is 0 Å².